The fourth-order valence-corrected chi connectivity index (χ4v) is 2.82. The second kappa shape index (κ2) is 8.87. The lowest BCUT2D eigenvalue weighted by Crippen LogP contribution is -2.30. The molecule has 0 heterocycles. The minimum absolute atomic E-state index is 0.0510. The molecule has 0 spiro atoms. The van der Waals surface area contributed by atoms with Crippen molar-refractivity contribution in [2.75, 3.05) is 11.1 Å². The van der Waals surface area contributed by atoms with Crippen LogP contribution < -0.4 is 11.1 Å². The third kappa shape index (κ3) is 4.61. The van der Waals surface area contributed by atoms with Gasteiger partial charge in [-0.2, -0.15) is 0 Å². The summed E-state index contributed by atoms with van der Waals surface area (Å²) in [5.41, 5.74) is 7.65. The first kappa shape index (κ1) is 20.5. The molecular formula is C22H19N3O5. The minimum atomic E-state index is -1.11. The maximum atomic E-state index is 12.6. The summed E-state index contributed by atoms with van der Waals surface area (Å²) in [5.74, 6) is -1.37. The van der Waals surface area contributed by atoms with Crippen LogP contribution >= 0.6 is 0 Å². The Labute approximate surface area is 172 Å². The van der Waals surface area contributed by atoms with E-state index in [0.29, 0.717) is 5.69 Å². The average molecular weight is 405 g/mol. The van der Waals surface area contributed by atoms with Gasteiger partial charge in [0.1, 0.15) is 0 Å². The van der Waals surface area contributed by atoms with E-state index in [1.165, 1.54) is 13.0 Å². The first-order valence-electron chi connectivity index (χ1n) is 9.07. The highest BCUT2D eigenvalue weighted by atomic mass is 16.6. The zero-order valence-corrected chi connectivity index (χ0v) is 16.1. The minimum Gasteiger partial charge on any atom is -0.449 e. The summed E-state index contributed by atoms with van der Waals surface area (Å²) in [4.78, 5) is 35.1. The van der Waals surface area contributed by atoms with Crippen LogP contribution in [-0.4, -0.2) is 22.9 Å². The molecule has 0 unspecified atom stereocenters. The number of rotatable bonds is 6. The molecule has 0 aromatic heterocycles. The van der Waals surface area contributed by atoms with E-state index in [9.17, 15) is 19.7 Å². The summed E-state index contributed by atoms with van der Waals surface area (Å²) in [6.45, 7) is 1.43. The van der Waals surface area contributed by atoms with Crippen molar-refractivity contribution in [3.05, 3.63) is 88.5 Å². The predicted octanol–water partition coefficient (Wildman–Crippen LogP) is 4.03. The van der Waals surface area contributed by atoms with Gasteiger partial charge in [0.15, 0.2) is 6.10 Å². The predicted molar refractivity (Wildman–Crippen MR) is 113 cm³/mol. The van der Waals surface area contributed by atoms with Gasteiger partial charge in [-0.05, 0) is 24.6 Å². The van der Waals surface area contributed by atoms with E-state index in [0.717, 1.165) is 23.3 Å². The van der Waals surface area contributed by atoms with Gasteiger partial charge in [0.05, 0.1) is 16.2 Å². The second-order valence-electron chi connectivity index (χ2n) is 6.48. The molecule has 0 bridgehead atoms. The highest BCUT2D eigenvalue weighted by molar-refractivity contribution is 6.01. The maximum absolute atomic E-state index is 12.6. The van der Waals surface area contributed by atoms with Crippen LogP contribution in [0.3, 0.4) is 0 Å². The zero-order chi connectivity index (χ0) is 21.7. The number of ether oxygens (including phenoxy) is 1. The lowest BCUT2D eigenvalue weighted by molar-refractivity contribution is -0.384. The molecule has 3 aromatic carbocycles. The van der Waals surface area contributed by atoms with E-state index in [1.807, 2.05) is 42.5 Å². The topological polar surface area (TPSA) is 125 Å². The number of hydrogen-bond donors (Lipinski definition) is 2. The number of esters is 1. The molecule has 1 atom stereocenters. The number of nitro benzene ring substituents is 1. The number of carbonyl (C=O) groups excluding carboxylic acids is 2. The van der Waals surface area contributed by atoms with Crippen molar-refractivity contribution >= 4 is 28.9 Å². The second-order valence-corrected chi connectivity index (χ2v) is 6.48. The van der Waals surface area contributed by atoms with Crippen molar-refractivity contribution in [2.45, 2.75) is 13.0 Å². The normalized spacial score (nSPS) is 11.4. The lowest BCUT2D eigenvalue weighted by atomic mass is 10.0. The molecule has 8 nitrogen and oxygen atoms in total. The Balaban J connectivity index is 1.72. The molecular weight excluding hydrogens is 386 g/mol. The first-order valence-corrected chi connectivity index (χ1v) is 9.07. The van der Waals surface area contributed by atoms with E-state index < -0.39 is 22.9 Å². The third-order valence-corrected chi connectivity index (χ3v) is 4.39. The smallest absolute Gasteiger partial charge is 0.341 e. The zero-order valence-electron chi connectivity index (χ0n) is 16.1. The van der Waals surface area contributed by atoms with Crippen molar-refractivity contribution in [1.82, 2.24) is 0 Å². The number of hydrogen-bond acceptors (Lipinski definition) is 6. The number of anilines is 2. The SMILES string of the molecule is C[C@H](OC(=O)c1ccc([N+](=O)[O-])cc1N)C(=O)Nc1ccccc1-c1ccccc1. The van der Waals surface area contributed by atoms with Crippen LogP contribution in [0.4, 0.5) is 17.1 Å². The summed E-state index contributed by atoms with van der Waals surface area (Å²) >= 11 is 0. The molecule has 0 aliphatic rings. The number of benzene rings is 3. The van der Waals surface area contributed by atoms with Crippen molar-refractivity contribution < 1.29 is 19.2 Å². The molecule has 8 heteroatoms. The highest BCUT2D eigenvalue weighted by Crippen LogP contribution is 2.28. The summed E-state index contributed by atoms with van der Waals surface area (Å²) in [6, 6.07) is 20.2. The Hall–Kier alpha value is -4.20. The Morgan fingerprint density at radius 3 is 2.37 bits per heavy atom. The van der Waals surface area contributed by atoms with Gasteiger partial charge >= 0.3 is 5.97 Å². The number of nitrogens with two attached hydrogens (primary N) is 1. The highest BCUT2D eigenvalue weighted by Gasteiger charge is 2.22. The number of nitrogen functional groups attached to an aromatic ring is 1. The van der Waals surface area contributed by atoms with Crippen LogP contribution in [0.25, 0.3) is 11.1 Å². The molecule has 3 N–H and O–H groups in total. The van der Waals surface area contributed by atoms with Crippen molar-refractivity contribution in [3.8, 4) is 11.1 Å². The fraction of sp³-hybridized carbons (Fsp3) is 0.0909. The van der Waals surface area contributed by atoms with Crippen molar-refractivity contribution in [3.63, 3.8) is 0 Å². The summed E-state index contributed by atoms with van der Waals surface area (Å²) in [6.07, 6.45) is -1.11. The Morgan fingerprint density at radius 2 is 1.70 bits per heavy atom. The number of para-hydroxylation sites is 1. The summed E-state index contributed by atoms with van der Waals surface area (Å²) < 4.78 is 5.20. The van der Waals surface area contributed by atoms with E-state index >= 15 is 0 Å². The van der Waals surface area contributed by atoms with Gasteiger partial charge in [-0.1, -0.05) is 48.5 Å². The van der Waals surface area contributed by atoms with E-state index in [-0.39, 0.29) is 16.9 Å². The van der Waals surface area contributed by atoms with E-state index in [4.69, 9.17) is 10.5 Å². The molecule has 0 aliphatic heterocycles. The molecule has 0 saturated heterocycles. The average Bonchev–Trinajstić information content (AvgIpc) is 2.74. The molecule has 3 aromatic rings. The summed E-state index contributed by atoms with van der Waals surface area (Å²) in [7, 11) is 0. The molecule has 152 valence electrons. The van der Waals surface area contributed by atoms with Crippen molar-refractivity contribution in [1.29, 1.82) is 0 Å². The lowest BCUT2D eigenvalue weighted by Gasteiger charge is -2.16. The number of amides is 1. The first-order chi connectivity index (χ1) is 14.4. The van der Waals surface area contributed by atoms with Crippen LogP contribution in [-0.2, 0) is 9.53 Å². The Morgan fingerprint density at radius 1 is 1.03 bits per heavy atom. The van der Waals surface area contributed by atoms with E-state index in [2.05, 4.69) is 5.32 Å². The van der Waals surface area contributed by atoms with Gasteiger partial charge in [0, 0.05) is 23.4 Å². The quantitative estimate of drug-likeness (QED) is 0.276. The molecule has 0 radical (unpaired) electrons. The standard InChI is InChI=1S/C22H19N3O5/c1-14(30-22(27)18-12-11-16(25(28)29)13-19(18)23)21(26)24-20-10-6-5-9-17(20)15-7-3-2-4-8-15/h2-14H,23H2,1H3,(H,24,26)/t14-/m0/s1. The number of nitro groups is 1. The maximum Gasteiger partial charge on any atom is 0.341 e. The molecule has 0 aliphatic carbocycles. The molecule has 0 saturated carbocycles. The van der Waals surface area contributed by atoms with Crippen LogP contribution in [0.5, 0.6) is 0 Å². The molecule has 1 amide bonds. The number of nitrogens with zero attached hydrogens (tertiary/aromatic N) is 1. The van der Waals surface area contributed by atoms with E-state index in [1.54, 1.807) is 12.1 Å². The van der Waals surface area contributed by atoms with Gasteiger partial charge in [-0.25, -0.2) is 4.79 Å². The van der Waals surface area contributed by atoms with Crippen molar-refractivity contribution in [2.24, 2.45) is 0 Å². The Bertz CT molecular complexity index is 1100. The number of non-ortho nitro benzene ring substituents is 1. The monoisotopic (exact) mass is 405 g/mol. The summed E-state index contributed by atoms with van der Waals surface area (Å²) in [5, 5.41) is 13.6. The van der Waals surface area contributed by atoms with Gasteiger partial charge < -0.3 is 15.8 Å². The van der Waals surface area contributed by atoms with Crippen LogP contribution in [0.15, 0.2) is 72.8 Å². The van der Waals surface area contributed by atoms with Gasteiger partial charge in [0.2, 0.25) is 0 Å². The van der Waals surface area contributed by atoms with Crippen LogP contribution in [0.1, 0.15) is 17.3 Å². The molecule has 0 fully saturated rings. The largest absolute Gasteiger partial charge is 0.449 e. The molecule has 3 rings (SSSR count). The fourth-order valence-electron chi connectivity index (χ4n) is 2.82. The molecule has 30 heavy (non-hydrogen) atoms. The van der Waals surface area contributed by atoms with Gasteiger partial charge in [-0.3, -0.25) is 14.9 Å². The van der Waals surface area contributed by atoms with Crippen LogP contribution in [0, 0.1) is 10.1 Å². The van der Waals surface area contributed by atoms with Gasteiger partial charge in [-0.15, -0.1) is 0 Å². The van der Waals surface area contributed by atoms with Crippen LogP contribution in [0.2, 0.25) is 0 Å². The Kier molecular flexibility index (Phi) is 6.07. The number of carbonyl (C=O) groups is 2. The number of nitrogens with one attached hydrogen (secondary N) is 1. The van der Waals surface area contributed by atoms with Gasteiger partial charge in [0.25, 0.3) is 11.6 Å². The third-order valence-electron chi connectivity index (χ3n) is 4.39.